The molecule has 84 valence electrons. The van der Waals surface area contributed by atoms with Crippen molar-refractivity contribution in [1.82, 2.24) is 0 Å². The van der Waals surface area contributed by atoms with Crippen LogP contribution in [0.5, 0.6) is 0 Å². The number of carbonyl (C=O) groups is 3. The average molecular weight is 216 g/mol. The molecular weight excluding hydrogens is 204 g/mol. The maximum Gasteiger partial charge on any atom is 0.309 e. The standard InChI is InChI=1S/C9H12O6/c1-15-9(14)6-3-4(7(10)11)2-5(6)8(12)13/h4-6H,2-3H2,1H3,(H,10,11)(H,12,13). The van der Waals surface area contributed by atoms with Gasteiger partial charge in [0.1, 0.15) is 0 Å². The van der Waals surface area contributed by atoms with Crippen molar-refractivity contribution in [3.05, 3.63) is 0 Å². The SMILES string of the molecule is COC(=O)C1CC(C(=O)O)CC1C(=O)O. The normalized spacial score (nSPS) is 29.8. The van der Waals surface area contributed by atoms with Crippen molar-refractivity contribution in [2.45, 2.75) is 12.8 Å². The summed E-state index contributed by atoms with van der Waals surface area (Å²) in [4.78, 5) is 32.7. The van der Waals surface area contributed by atoms with Gasteiger partial charge in [-0.25, -0.2) is 0 Å². The first kappa shape index (κ1) is 11.5. The van der Waals surface area contributed by atoms with Crippen LogP contribution in [-0.2, 0) is 19.1 Å². The molecule has 6 nitrogen and oxygen atoms in total. The molecule has 0 aromatic heterocycles. The molecule has 0 aromatic carbocycles. The third-order valence-electron chi connectivity index (χ3n) is 2.73. The summed E-state index contributed by atoms with van der Waals surface area (Å²) in [6.07, 6.45) is 0.0312. The summed E-state index contributed by atoms with van der Waals surface area (Å²) in [5.74, 6) is -5.41. The predicted molar refractivity (Wildman–Crippen MR) is 47.0 cm³/mol. The molecule has 0 aliphatic heterocycles. The van der Waals surface area contributed by atoms with Crippen LogP contribution >= 0.6 is 0 Å². The van der Waals surface area contributed by atoms with E-state index in [4.69, 9.17) is 10.2 Å². The van der Waals surface area contributed by atoms with Gasteiger partial charge in [0.15, 0.2) is 0 Å². The number of hydrogen-bond acceptors (Lipinski definition) is 4. The van der Waals surface area contributed by atoms with Gasteiger partial charge in [-0.1, -0.05) is 0 Å². The van der Waals surface area contributed by atoms with Gasteiger partial charge in [0.25, 0.3) is 0 Å². The van der Waals surface area contributed by atoms with Gasteiger partial charge in [0.2, 0.25) is 0 Å². The maximum atomic E-state index is 11.2. The Labute approximate surface area is 85.8 Å². The van der Waals surface area contributed by atoms with Gasteiger partial charge < -0.3 is 14.9 Å². The van der Waals surface area contributed by atoms with Crippen LogP contribution in [0.15, 0.2) is 0 Å². The van der Waals surface area contributed by atoms with E-state index in [1.165, 1.54) is 0 Å². The van der Waals surface area contributed by atoms with E-state index in [2.05, 4.69) is 4.74 Å². The second-order valence-electron chi connectivity index (χ2n) is 3.58. The molecule has 1 aliphatic rings. The lowest BCUT2D eigenvalue weighted by Crippen LogP contribution is -2.26. The van der Waals surface area contributed by atoms with Crippen LogP contribution in [0.3, 0.4) is 0 Å². The van der Waals surface area contributed by atoms with Crippen molar-refractivity contribution in [3.63, 3.8) is 0 Å². The van der Waals surface area contributed by atoms with Gasteiger partial charge in [-0.2, -0.15) is 0 Å². The van der Waals surface area contributed by atoms with Crippen LogP contribution in [0, 0.1) is 17.8 Å². The van der Waals surface area contributed by atoms with E-state index in [9.17, 15) is 14.4 Å². The number of ether oxygens (including phenoxy) is 1. The molecule has 15 heavy (non-hydrogen) atoms. The maximum absolute atomic E-state index is 11.2. The minimum Gasteiger partial charge on any atom is -0.481 e. The number of carboxylic acid groups (broad SMARTS) is 2. The molecule has 1 fully saturated rings. The van der Waals surface area contributed by atoms with Crippen LogP contribution in [0.25, 0.3) is 0 Å². The summed E-state index contributed by atoms with van der Waals surface area (Å²) in [6.45, 7) is 0. The molecule has 2 N–H and O–H groups in total. The molecule has 1 aliphatic carbocycles. The van der Waals surface area contributed by atoms with Crippen LogP contribution in [-0.4, -0.2) is 35.2 Å². The largest absolute Gasteiger partial charge is 0.481 e. The van der Waals surface area contributed by atoms with Crippen molar-refractivity contribution < 1.29 is 29.3 Å². The number of carbonyl (C=O) groups excluding carboxylic acids is 1. The smallest absolute Gasteiger partial charge is 0.309 e. The zero-order valence-electron chi connectivity index (χ0n) is 8.17. The zero-order valence-corrected chi connectivity index (χ0v) is 8.17. The van der Waals surface area contributed by atoms with E-state index in [1.54, 1.807) is 0 Å². The number of methoxy groups -OCH3 is 1. The fourth-order valence-electron chi connectivity index (χ4n) is 1.92. The minimum absolute atomic E-state index is 0.00949. The van der Waals surface area contributed by atoms with E-state index in [0.717, 1.165) is 7.11 Å². The summed E-state index contributed by atoms with van der Waals surface area (Å²) in [5, 5.41) is 17.6. The molecule has 0 heterocycles. The topological polar surface area (TPSA) is 101 Å². The summed E-state index contributed by atoms with van der Waals surface area (Å²) in [6, 6.07) is 0. The van der Waals surface area contributed by atoms with E-state index in [-0.39, 0.29) is 12.8 Å². The van der Waals surface area contributed by atoms with Gasteiger partial charge in [-0.3, -0.25) is 14.4 Å². The lowest BCUT2D eigenvalue weighted by Gasteiger charge is -2.11. The van der Waals surface area contributed by atoms with Crippen molar-refractivity contribution >= 4 is 17.9 Å². The predicted octanol–water partition coefficient (Wildman–Crippen LogP) is -0.0290. The lowest BCUT2D eigenvalue weighted by molar-refractivity contribution is -0.154. The molecule has 0 radical (unpaired) electrons. The Morgan fingerprint density at radius 3 is 2.00 bits per heavy atom. The van der Waals surface area contributed by atoms with Gasteiger partial charge in [-0.15, -0.1) is 0 Å². The van der Waals surface area contributed by atoms with Crippen molar-refractivity contribution in [1.29, 1.82) is 0 Å². The van der Waals surface area contributed by atoms with E-state index >= 15 is 0 Å². The first-order valence-corrected chi connectivity index (χ1v) is 4.50. The van der Waals surface area contributed by atoms with Crippen LogP contribution < -0.4 is 0 Å². The number of hydrogen-bond donors (Lipinski definition) is 2. The molecule has 0 saturated heterocycles. The lowest BCUT2D eigenvalue weighted by atomic mass is 9.97. The number of esters is 1. The van der Waals surface area contributed by atoms with E-state index < -0.39 is 35.7 Å². The fraction of sp³-hybridized carbons (Fsp3) is 0.667. The second-order valence-corrected chi connectivity index (χ2v) is 3.58. The third kappa shape index (κ3) is 2.26. The van der Waals surface area contributed by atoms with Crippen LogP contribution in [0.2, 0.25) is 0 Å². The average Bonchev–Trinajstić information content (AvgIpc) is 2.61. The summed E-state index contributed by atoms with van der Waals surface area (Å²) in [7, 11) is 1.16. The second kappa shape index (κ2) is 4.29. The number of carboxylic acids is 2. The summed E-state index contributed by atoms with van der Waals surface area (Å²) < 4.78 is 4.45. The molecule has 6 heteroatoms. The molecule has 1 saturated carbocycles. The van der Waals surface area contributed by atoms with E-state index in [0.29, 0.717) is 0 Å². The monoisotopic (exact) mass is 216 g/mol. The molecule has 0 aromatic rings. The molecule has 1 rings (SSSR count). The quantitative estimate of drug-likeness (QED) is 0.642. The van der Waals surface area contributed by atoms with Gasteiger partial charge in [0, 0.05) is 0 Å². The first-order valence-electron chi connectivity index (χ1n) is 4.50. The first-order chi connectivity index (χ1) is 6.97. The van der Waals surface area contributed by atoms with Crippen molar-refractivity contribution in [3.8, 4) is 0 Å². The molecule has 3 atom stereocenters. The Kier molecular flexibility index (Phi) is 3.28. The Morgan fingerprint density at radius 1 is 1.07 bits per heavy atom. The Morgan fingerprint density at radius 2 is 1.60 bits per heavy atom. The highest BCUT2D eigenvalue weighted by atomic mass is 16.5. The molecule has 0 amide bonds. The Balaban J connectivity index is 2.81. The highest BCUT2D eigenvalue weighted by Gasteiger charge is 2.45. The van der Waals surface area contributed by atoms with E-state index in [1.807, 2.05) is 0 Å². The molecule has 0 spiro atoms. The summed E-state index contributed by atoms with van der Waals surface area (Å²) >= 11 is 0. The van der Waals surface area contributed by atoms with Crippen molar-refractivity contribution in [2.75, 3.05) is 7.11 Å². The fourth-order valence-corrected chi connectivity index (χ4v) is 1.92. The van der Waals surface area contributed by atoms with Crippen molar-refractivity contribution in [2.24, 2.45) is 17.8 Å². The zero-order chi connectivity index (χ0) is 11.6. The highest BCUT2D eigenvalue weighted by molar-refractivity contribution is 5.84. The molecule has 3 unspecified atom stereocenters. The number of aliphatic carboxylic acids is 2. The number of rotatable bonds is 3. The minimum atomic E-state index is -1.14. The van der Waals surface area contributed by atoms with Crippen LogP contribution in [0.4, 0.5) is 0 Å². The molecule has 0 bridgehead atoms. The Bertz CT molecular complexity index is 297. The van der Waals surface area contributed by atoms with Gasteiger partial charge in [0.05, 0.1) is 24.9 Å². The Hall–Kier alpha value is -1.59. The highest BCUT2D eigenvalue weighted by Crippen LogP contribution is 2.37. The van der Waals surface area contributed by atoms with Gasteiger partial charge >= 0.3 is 17.9 Å². The third-order valence-corrected chi connectivity index (χ3v) is 2.73. The van der Waals surface area contributed by atoms with Gasteiger partial charge in [-0.05, 0) is 12.8 Å². The summed E-state index contributed by atoms with van der Waals surface area (Å²) in [5.41, 5.74) is 0. The van der Waals surface area contributed by atoms with Crippen LogP contribution in [0.1, 0.15) is 12.8 Å². The molecular formula is C9H12O6.